The lowest BCUT2D eigenvalue weighted by Gasteiger charge is -2.38. The molecule has 3 rings (SSSR count). The molecule has 1 atom stereocenters. The zero-order valence-corrected chi connectivity index (χ0v) is 19.2. The number of hydrogen-bond donors (Lipinski definition) is 1. The summed E-state index contributed by atoms with van der Waals surface area (Å²) in [6.45, 7) is 5.48. The highest BCUT2D eigenvalue weighted by Crippen LogP contribution is 2.23. The van der Waals surface area contributed by atoms with Crippen molar-refractivity contribution in [3.8, 4) is 0 Å². The molecule has 170 valence electrons. The third-order valence-electron chi connectivity index (χ3n) is 5.97. The van der Waals surface area contributed by atoms with Gasteiger partial charge in [-0.25, -0.2) is 22.9 Å². The molecule has 10 nitrogen and oxygen atoms in total. The molecule has 2 aliphatic heterocycles. The van der Waals surface area contributed by atoms with Crippen LogP contribution < -0.4 is 4.72 Å². The Morgan fingerprint density at radius 2 is 1.97 bits per heavy atom. The second-order valence-electron chi connectivity index (χ2n) is 8.28. The number of amides is 2. The van der Waals surface area contributed by atoms with Gasteiger partial charge in [0.25, 0.3) is 10.0 Å². The van der Waals surface area contributed by atoms with Crippen molar-refractivity contribution in [1.82, 2.24) is 29.0 Å². The van der Waals surface area contributed by atoms with E-state index in [2.05, 4.69) is 14.6 Å². The molecule has 0 radical (unpaired) electrons. The number of urea groups is 1. The number of imidazole rings is 1. The van der Waals surface area contributed by atoms with Crippen LogP contribution in [0.25, 0.3) is 0 Å². The van der Waals surface area contributed by atoms with Crippen molar-refractivity contribution in [3.63, 3.8) is 0 Å². The van der Waals surface area contributed by atoms with E-state index in [1.807, 2.05) is 4.90 Å². The van der Waals surface area contributed by atoms with E-state index < -0.39 is 10.0 Å². The molecule has 2 aliphatic rings. The molecule has 0 aromatic carbocycles. The van der Waals surface area contributed by atoms with Crippen molar-refractivity contribution in [2.75, 3.05) is 53.5 Å². The molecule has 0 spiro atoms. The molecule has 11 heteroatoms. The molecular weight excluding hydrogens is 408 g/mol. The maximum atomic E-state index is 12.6. The number of nitrogens with zero attached hydrogens (tertiary/aromatic N) is 5. The molecular formula is C19H34N6O4S. The average molecular weight is 443 g/mol. The smallest absolute Gasteiger partial charge is 0.319 e. The first-order valence-electron chi connectivity index (χ1n) is 10.5. The van der Waals surface area contributed by atoms with Crippen LogP contribution >= 0.6 is 0 Å². The molecule has 0 bridgehead atoms. The Morgan fingerprint density at radius 3 is 2.57 bits per heavy atom. The number of ether oxygens (including phenoxy) is 1. The molecule has 2 saturated heterocycles. The van der Waals surface area contributed by atoms with Gasteiger partial charge in [-0.3, -0.25) is 4.90 Å². The highest BCUT2D eigenvalue weighted by atomic mass is 32.2. The van der Waals surface area contributed by atoms with E-state index in [0.717, 1.165) is 25.8 Å². The predicted molar refractivity (Wildman–Crippen MR) is 113 cm³/mol. The number of aromatic nitrogens is 2. The SMILES string of the molecule is Cc1nc(S(=O)(=O)NCCN(C2CCOCC2)C2CCN(C(=O)N(C)C)C2)cn1C. The van der Waals surface area contributed by atoms with Gasteiger partial charge in [0, 0.05) is 78.8 Å². The molecule has 1 N–H and O–H groups in total. The van der Waals surface area contributed by atoms with Gasteiger partial charge >= 0.3 is 6.03 Å². The van der Waals surface area contributed by atoms with Crippen LogP contribution in [0.1, 0.15) is 25.1 Å². The Hall–Kier alpha value is -1.69. The third-order valence-corrected chi connectivity index (χ3v) is 7.30. The number of sulfonamides is 1. The number of carbonyl (C=O) groups excluding carboxylic acids is 1. The first kappa shape index (κ1) is 23.0. The Morgan fingerprint density at radius 1 is 1.27 bits per heavy atom. The Bertz CT molecular complexity index is 815. The van der Waals surface area contributed by atoms with E-state index in [1.54, 1.807) is 37.5 Å². The topological polar surface area (TPSA) is 100 Å². The lowest BCUT2D eigenvalue weighted by Crippen LogP contribution is -2.50. The summed E-state index contributed by atoms with van der Waals surface area (Å²) in [7, 11) is 1.65. The van der Waals surface area contributed by atoms with Crippen molar-refractivity contribution < 1.29 is 17.9 Å². The minimum atomic E-state index is -3.65. The van der Waals surface area contributed by atoms with Gasteiger partial charge < -0.3 is 19.1 Å². The van der Waals surface area contributed by atoms with E-state index in [1.165, 1.54) is 6.20 Å². The van der Waals surface area contributed by atoms with Crippen molar-refractivity contribution in [3.05, 3.63) is 12.0 Å². The fraction of sp³-hybridized carbons (Fsp3) is 0.789. The van der Waals surface area contributed by atoms with Gasteiger partial charge in [0.2, 0.25) is 0 Å². The highest BCUT2D eigenvalue weighted by Gasteiger charge is 2.35. The number of nitrogens with one attached hydrogen (secondary N) is 1. The van der Waals surface area contributed by atoms with Gasteiger partial charge in [-0.1, -0.05) is 0 Å². The predicted octanol–water partition coefficient (Wildman–Crippen LogP) is 0.244. The Kier molecular flexibility index (Phi) is 7.38. The minimum absolute atomic E-state index is 0.0238. The molecule has 0 saturated carbocycles. The van der Waals surface area contributed by atoms with Gasteiger partial charge in [-0.15, -0.1) is 0 Å². The monoisotopic (exact) mass is 442 g/mol. The van der Waals surface area contributed by atoms with Gasteiger partial charge in [0.1, 0.15) is 5.82 Å². The minimum Gasteiger partial charge on any atom is -0.381 e. The summed E-state index contributed by atoms with van der Waals surface area (Å²) in [5.74, 6) is 0.649. The zero-order valence-electron chi connectivity index (χ0n) is 18.4. The van der Waals surface area contributed by atoms with E-state index >= 15 is 0 Å². The van der Waals surface area contributed by atoms with E-state index in [4.69, 9.17) is 4.74 Å². The number of hydrogen-bond acceptors (Lipinski definition) is 6. The standard InChI is InChI=1S/C19H34N6O4S/c1-15-21-18(14-23(15)4)30(27,28)20-8-10-25(16-6-11-29-12-7-16)17-5-9-24(13-17)19(26)22(2)3/h14,16-17,20H,5-13H2,1-4H3. The largest absolute Gasteiger partial charge is 0.381 e. The van der Waals surface area contributed by atoms with Gasteiger partial charge in [-0.2, -0.15) is 0 Å². The first-order chi connectivity index (χ1) is 14.2. The number of likely N-dealkylation sites (tertiary alicyclic amines) is 1. The summed E-state index contributed by atoms with van der Waals surface area (Å²) in [5.41, 5.74) is 0. The maximum Gasteiger partial charge on any atom is 0.319 e. The van der Waals surface area contributed by atoms with Crippen LogP contribution in [0.5, 0.6) is 0 Å². The van der Waals surface area contributed by atoms with Crippen LogP contribution in [0.4, 0.5) is 4.79 Å². The van der Waals surface area contributed by atoms with Crippen LogP contribution in [0.15, 0.2) is 11.2 Å². The highest BCUT2D eigenvalue weighted by molar-refractivity contribution is 7.89. The summed E-state index contributed by atoms with van der Waals surface area (Å²) in [5, 5.41) is 0.0451. The summed E-state index contributed by atoms with van der Waals surface area (Å²) in [4.78, 5) is 22.3. The number of aryl methyl sites for hydroxylation is 2. The van der Waals surface area contributed by atoms with Gasteiger partial charge in [0.05, 0.1) is 0 Å². The van der Waals surface area contributed by atoms with Crippen LogP contribution in [0, 0.1) is 6.92 Å². The third kappa shape index (κ3) is 5.32. The van der Waals surface area contributed by atoms with Crippen LogP contribution in [-0.4, -0.2) is 104 Å². The van der Waals surface area contributed by atoms with Crippen LogP contribution in [0.3, 0.4) is 0 Å². The van der Waals surface area contributed by atoms with Gasteiger partial charge in [-0.05, 0) is 26.2 Å². The molecule has 1 aromatic rings. The van der Waals surface area contributed by atoms with E-state index in [9.17, 15) is 13.2 Å². The zero-order chi connectivity index (χ0) is 21.9. The Balaban J connectivity index is 1.64. The fourth-order valence-corrected chi connectivity index (χ4v) is 5.25. The summed E-state index contributed by atoms with van der Waals surface area (Å²) in [6.07, 6.45) is 4.26. The number of carbonyl (C=O) groups is 1. The lowest BCUT2D eigenvalue weighted by atomic mass is 10.0. The molecule has 0 aliphatic carbocycles. The fourth-order valence-electron chi connectivity index (χ4n) is 4.19. The maximum absolute atomic E-state index is 12.6. The molecule has 30 heavy (non-hydrogen) atoms. The summed E-state index contributed by atoms with van der Waals surface area (Å²) < 4.78 is 35.1. The first-order valence-corrected chi connectivity index (χ1v) is 12.0. The molecule has 3 heterocycles. The molecule has 2 fully saturated rings. The number of rotatable bonds is 7. The second-order valence-corrected chi connectivity index (χ2v) is 10.00. The van der Waals surface area contributed by atoms with Crippen LogP contribution in [0.2, 0.25) is 0 Å². The van der Waals surface area contributed by atoms with Crippen molar-refractivity contribution in [1.29, 1.82) is 0 Å². The van der Waals surface area contributed by atoms with Crippen molar-refractivity contribution in [2.45, 2.75) is 43.3 Å². The van der Waals surface area contributed by atoms with Gasteiger partial charge in [0.15, 0.2) is 5.03 Å². The van der Waals surface area contributed by atoms with E-state index in [-0.39, 0.29) is 17.1 Å². The average Bonchev–Trinajstić information content (AvgIpc) is 3.33. The molecule has 2 amide bonds. The summed E-state index contributed by atoms with van der Waals surface area (Å²) >= 11 is 0. The van der Waals surface area contributed by atoms with Crippen molar-refractivity contribution in [2.24, 2.45) is 7.05 Å². The normalized spacial score (nSPS) is 20.8. The molecule has 1 unspecified atom stereocenters. The summed E-state index contributed by atoms with van der Waals surface area (Å²) in [6, 6.07) is 0.578. The van der Waals surface area contributed by atoms with Crippen LogP contribution in [-0.2, 0) is 21.8 Å². The lowest BCUT2D eigenvalue weighted by molar-refractivity contribution is 0.0193. The molecule has 1 aromatic heterocycles. The van der Waals surface area contributed by atoms with E-state index in [0.29, 0.717) is 44.7 Å². The quantitative estimate of drug-likeness (QED) is 0.650. The second kappa shape index (κ2) is 9.63. The Labute approximate surface area is 179 Å². The van der Waals surface area contributed by atoms with Crippen molar-refractivity contribution >= 4 is 16.1 Å².